The molecule has 2 atom stereocenters. The summed E-state index contributed by atoms with van der Waals surface area (Å²) < 4.78 is 0. The van der Waals surface area contributed by atoms with Crippen molar-refractivity contribution >= 4 is 11.8 Å². The van der Waals surface area contributed by atoms with Gasteiger partial charge in [0.2, 0.25) is 5.95 Å². The summed E-state index contributed by atoms with van der Waals surface area (Å²) >= 11 is 0. The number of anilines is 2. The fraction of sp³-hybridized carbons (Fsp3) is 0.714. The topological polar surface area (TPSA) is 61.3 Å². The van der Waals surface area contributed by atoms with Gasteiger partial charge < -0.3 is 15.3 Å². The highest BCUT2D eigenvalue weighted by atomic mass is 16.3. The summed E-state index contributed by atoms with van der Waals surface area (Å²) in [6.45, 7) is 5.59. The van der Waals surface area contributed by atoms with Gasteiger partial charge in [0.25, 0.3) is 0 Å². The summed E-state index contributed by atoms with van der Waals surface area (Å²) in [5, 5.41) is 13.9. The van der Waals surface area contributed by atoms with Crippen LogP contribution in [0.5, 0.6) is 0 Å². The van der Waals surface area contributed by atoms with E-state index in [1.54, 1.807) is 0 Å². The molecule has 0 unspecified atom stereocenters. The lowest BCUT2D eigenvalue weighted by Gasteiger charge is -2.26. The second kappa shape index (κ2) is 4.34. The maximum Gasteiger partial charge on any atom is 0.227 e. The van der Waals surface area contributed by atoms with Gasteiger partial charge in [-0.05, 0) is 25.7 Å². The lowest BCUT2D eigenvalue weighted by Crippen LogP contribution is -2.39. The van der Waals surface area contributed by atoms with Crippen LogP contribution in [0.3, 0.4) is 0 Å². The molecule has 1 aliphatic carbocycles. The summed E-state index contributed by atoms with van der Waals surface area (Å²) in [5.41, 5.74) is 0.399. The Morgan fingerprint density at radius 2 is 2.16 bits per heavy atom. The zero-order valence-electron chi connectivity index (χ0n) is 11.8. The number of nitrogens with one attached hydrogen (secondary N) is 1. The van der Waals surface area contributed by atoms with Crippen LogP contribution in [0.2, 0.25) is 0 Å². The van der Waals surface area contributed by atoms with Gasteiger partial charge in [0.15, 0.2) is 0 Å². The van der Waals surface area contributed by atoms with E-state index in [-0.39, 0.29) is 5.92 Å². The molecule has 19 heavy (non-hydrogen) atoms. The molecule has 5 nitrogen and oxygen atoms in total. The van der Waals surface area contributed by atoms with Crippen LogP contribution in [0.1, 0.15) is 25.5 Å². The number of aryl methyl sites for hydroxylation is 1. The van der Waals surface area contributed by atoms with Crippen LogP contribution in [-0.4, -0.2) is 40.8 Å². The smallest absolute Gasteiger partial charge is 0.227 e. The normalized spacial score (nSPS) is 30.7. The fourth-order valence-electron chi connectivity index (χ4n) is 3.10. The van der Waals surface area contributed by atoms with E-state index in [4.69, 9.17) is 0 Å². The highest BCUT2D eigenvalue weighted by Crippen LogP contribution is 2.47. The van der Waals surface area contributed by atoms with Gasteiger partial charge in [-0.2, -0.15) is 4.98 Å². The molecular formula is C14H22N4O. The van der Waals surface area contributed by atoms with Gasteiger partial charge in [-0.25, -0.2) is 4.98 Å². The first-order valence-electron chi connectivity index (χ1n) is 7.03. The molecule has 1 aromatic heterocycles. The molecule has 1 saturated carbocycles. The van der Waals surface area contributed by atoms with Crippen molar-refractivity contribution < 1.29 is 5.11 Å². The van der Waals surface area contributed by atoms with Gasteiger partial charge in [-0.15, -0.1) is 0 Å². The zero-order chi connectivity index (χ0) is 13.6. The molecule has 1 saturated heterocycles. The number of aromatic nitrogens is 2. The van der Waals surface area contributed by atoms with E-state index < -0.39 is 5.60 Å². The van der Waals surface area contributed by atoms with Crippen molar-refractivity contribution in [3.05, 3.63) is 11.8 Å². The van der Waals surface area contributed by atoms with E-state index in [0.29, 0.717) is 12.5 Å². The molecule has 5 heteroatoms. The van der Waals surface area contributed by atoms with Crippen LogP contribution in [0.25, 0.3) is 0 Å². The van der Waals surface area contributed by atoms with E-state index in [1.165, 1.54) is 0 Å². The maximum atomic E-state index is 10.8. The van der Waals surface area contributed by atoms with Gasteiger partial charge in [-0.3, -0.25) is 0 Å². The van der Waals surface area contributed by atoms with E-state index >= 15 is 0 Å². The minimum absolute atomic E-state index is 0.280. The Balaban J connectivity index is 1.85. The molecular weight excluding hydrogens is 240 g/mol. The lowest BCUT2D eigenvalue weighted by atomic mass is 9.88. The summed E-state index contributed by atoms with van der Waals surface area (Å²) in [6, 6.07) is 1.93. The van der Waals surface area contributed by atoms with Crippen LogP contribution in [0.4, 0.5) is 11.8 Å². The molecule has 2 heterocycles. The molecule has 3 rings (SSSR count). The number of hydrogen-bond donors (Lipinski definition) is 2. The van der Waals surface area contributed by atoms with Crippen LogP contribution >= 0.6 is 0 Å². The highest BCUT2D eigenvalue weighted by Gasteiger charge is 2.52. The Morgan fingerprint density at radius 3 is 2.79 bits per heavy atom. The Hall–Kier alpha value is -1.36. The van der Waals surface area contributed by atoms with Gasteiger partial charge in [0, 0.05) is 31.3 Å². The third kappa shape index (κ3) is 2.16. The molecule has 1 aliphatic heterocycles. The van der Waals surface area contributed by atoms with Gasteiger partial charge >= 0.3 is 0 Å². The average molecular weight is 262 g/mol. The molecule has 0 spiro atoms. The fourth-order valence-corrected chi connectivity index (χ4v) is 3.10. The summed E-state index contributed by atoms with van der Waals surface area (Å²) in [5.74, 6) is 2.31. The third-order valence-corrected chi connectivity index (χ3v) is 4.46. The van der Waals surface area contributed by atoms with Crippen LogP contribution in [0, 0.1) is 18.8 Å². The van der Waals surface area contributed by atoms with E-state index in [9.17, 15) is 5.11 Å². The Kier molecular flexibility index (Phi) is 2.89. The predicted molar refractivity (Wildman–Crippen MR) is 75.4 cm³/mol. The van der Waals surface area contributed by atoms with E-state index in [2.05, 4.69) is 27.1 Å². The quantitative estimate of drug-likeness (QED) is 0.863. The van der Waals surface area contributed by atoms with E-state index in [1.807, 2.05) is 20.0 Å². The number of aliphatic hydroxyl groups is 1. The molecule has 1 aromatic rings. The molecule has 2 aliphatic rings. The Bertz CT molecular complexity index is 488. The van der Waals surface area contributed by atoms with Crippen molar-refractivity contribution in [1.82, 2.24) is 9.97 Å². The molecule has 0 radical (unpaired) electrons. The second-order valence-corrected chi connectivity index (χ2v) is 5.99. The number of rotatable bonds is 3. The van der Waals surface area contributed by atoms with E-state index in [0.717, 1.165) is 36.8 Å². The summed E-state index contributed by atoms with van der Waals surface area (Å²) in [4.78, 5) is 11.1. The van der Waals surface area contributed by atoms with Crippen molar-refractivity contribution in [3.8, 4) is 0 Å². The van der Waals surface area contributed by atoms with Crippen LogP contribution < -0.4 is 10.2 Å². The second-order valence-electron chi connectivity index (χ2n) is 5.99. The Morgan fingerprint density at radius 1 is 1.42 bits per heavy atom. The molecule has 104 valence electrons. The largest absolute Gasteiger partial charge is 0.387 e. The maximum absolute atomic E-state index is 10.8. The van der Waals surface area contributed by atoms with Crippen molar-refractivity contribution in [2.45, 2.75) is 32.3 Å². The molecule has 0 aromatic carbocycles. The first-order valence-corrected chi connectivity index (χ1v) is 7.03. The number of nitrogens with zero attached hydrogens (tertiary/aromatic N) is 3. The number of β-amino-alcohol motifs (C(OH)–C–C–N with tert-alkyl or cyclic N) is 1. The monoisotopic (exact) mass is 262 g/mol. The first-order chi connectivity index (χ1) is 9.03. The minimum Gasteiger partial charge on any atom is -0.387 e. The Labute approximate surface area is 114 Å². The van der Waals surface area contributed by atoms with Crippen LogP contribution in [0.15, 0.2) is 6.07 Å². The van der Waals surface area contributed by atoms with Gasteiger partial charge in [0.1, 0.15) is 5.82 Å². The van der Waals surface area contributed by atoms with Crippen molar-refractivity contribution in [1.29, 1.82) is 0 Å². The van der Waals surface area contributed by atoms with Gasteiger partial charge in [0.05, 0.1) is 12.1 Å². The molecule has 0 amide bonds. The summed E-state index contributed by atoms with van der Waals surface area (Å²) in [7, 11) is 1.86. The lowest BCUT2D eigenvalue weighted by molar-refractivity contribution is 0.00279. The SMILES string of the molecule is CNc1cc(C)nc(N2C[C@H](C)[C@@](O)(C3CC3)C2)n1. The first kappa shape index (κ1) is 12.7. The van der Waals surface area contributed by atoms with Crippen molar-refractivity contribution in [3.63, 3.8) is 0 Å². The molecule has 0 bridgehead atoms. The minimum atomic E-state index is -0.549. The summed E-state index contributed by atoms with van der Waals surface area (Å²) in [6.07, 6.45) is 2.32. The standard InChI is InChI=1S/C14H22N4O/c1-9-7-18(8-14(9,19)11-4-5-11)13-16-10(2)6-12(15-3)17-13/h6,9,11,19H,4-5,7-8H2,1-3H3,(H,15,16,17)/t9-,14+/m0/s1. The number of hydrogen-bond acceptors (Lipinski definition) is 5. The highest BCUT2D eigenvalue weighted by molar-refractivity contribution is 5.44. The average Bonchev–Trinajstić information content (AvgIpc) is 3.17. The van der Waals surface area contributed by atoms with Gasteiger partial charge in [-0.1, -0.05) is 6.92 Å². The molecule has 2 N–H and O–H groups in total. The third-order valence-electron chi connectivity index (χ3n) is 4.46. The zero-order valence-corrected chi connectivity index (χ0v) is 11.8. The molecule has 2 fully saturated rings. The van der Waals surface area contributed by atoms with Crippen molar-refractivity contribution in [2.24, 2.45) is 11.8 Å². The predicted octanol–water partition coefficient (Wildman–Crippen LogP) is 1.42. The van der Waals surface area contributed by atoms with Crippen LogP contribution in [-0.2, 0) is 0 Å². The van der Waals surface area contributed by atoms with Crippen molar-refractivity contribution in [2.75, 3.05) is 30.4 Å².